The first-order valence-electron chi connectivity index (χ1n) is 9.91. The van der Waals surface area contributed by atoms with Gasteiger partial charge in [0, 0.05) is 47.5 Å². The molecule has 0 amide bonds. The lowest BCUT2D eigenvalue weighted by Crippen LogP contribution is -2.19. The first-order valence-corrected chi connectivity index (χ1v) is 12.0. The van der Waals surface area contributed by atoms with Crippen molar-refractivity contribution in [2.24, 2.45) is 0 Å². The summed E-state index contributed by atoms with van der Waals surface area (Å²) in [4.78, 5) is 17.6. The number of nitrogens with zero attached hydrogens (tertiary/aromatic N) is 4. The van der Waals surface area contributed by atoms with E-state index in [-0.39, 0.29) is 0 Å². The summed E-state index contributed by atoms with van der Waals surface area (Å²) in [5.74, 6) is 0. The number of aromatic nitrogens is 3. The maximum Gasteiger partial charge on any atom is 0.0992 e. The summed E-state index contributed by atoms with van der Waals surface area (Å²) >= 11 is 9.52. The molecule has 0 spiro atoms. The predicted octanol–water partition coefficient (Wildman–Crippen LogP) is 6.09. The van der Waals surface area contributed by atoms with Gasteiger partial charge in [-0.1, -0.05) is 17.7 Å². The third kappa shape index (κ3) is 4.00. The second kappa shape index (κ2) is 8.10. The molecule has 0 unspecified atom stereocenters. The van der Waals surface area contributed by atoms with Gasteiger partial charge in [-0.15, -0.1) is 22.7 Å². The van der Waals surface area contributed by atoms with Crippen LogP contribution in [0.5, 0.6) is 0 Å². The molecule has 7 heteroatoms. The second-order valence-corrected chi connectivity index (χ2v) is 10.1. The van der Waals surface area contributed by atoms with Crippen LogP contribution in [0.25, 0.3) is 10.6 Å². The van der Waals surface area contributed by atoms with Gasteiger partial charge in [-0.05, 0) is 55.7 Å². The molecule has 1 aromatic carbocycles. The standard InChI is InChI=1S/C23H21ClN4S2/c1-14-23(30-15(2)26-14)20-13-29-22(27-20)10-19-5-3-16(11-25-19)12-28-8-7-17-9-18(24)4-6-21(17)28/h3-6,9,11,13H,7-8,10,12H2,1-2H3. The summed E-state index contributed by atoms with van der Waals surface area (Å²) in [6.45, 7) is 5.98. The molecule has 4 aromatic rings. The van der Waals surface area contributed by atoms with E-state index in [9.17, 15) is 0 Å². The smallest absolute Gasteiger partial charge is 0.0992 e. The molecule has 0 saturated carbocycles. The van der Waals surface area contributed by atoms with Crippen LogP contribution < -0.4 is 4.90 Å². The Hall–Kier alpha value is -2.28. The van der Waals surface area contributed by atoms with Gasteiger partial charge in [0.25, 0.3) is 0 Å². The van der Waals surface area contributed by atoms with Crippen LogP contribution in [0.1, 0.15) is 32.5 Å². The van der Waals surface area contributed by atoms with Crippen molar-refractivity contribution in [2.45, 2.75) is 33.2 Å². The molecule has 4 heterocycles. The maximum atomic E-state index is 6.12. The lowest BCUT2D eigenvalue weighted by Gasteiger charge is -2.19. The SMILES string of the molecule is Cc1nc(C)c(-c2csc(Cc3ccc(CN4CCc5cc(Cl)ccc54)cn3)n2)s1. The molecule has 0 aliphatic carbocycles. The lowest BCUT2D eigenvalue weighted by atomic mass is 10.1. The van der Waals surface area contributed by atoms with Gasteiger partial charge < -0.3 is 4.90 Å². The zero-order valence-electron chi connectivity index (χ0n) is 16.9. The van der Waals surface area contributed by atoms with E-state index in [0.29, 0.717) is 0 Å². The number of aryl methyl sites for hydroxylation is 2. The lowest BCUT2D eigenvalue weighted by molar-refractivity contribution is 0.830. The second-order valence-electron chi connectivity index (χ2n) is 7.55. The summed E-state index contributed by atoms with van der Waals surface area (Å²) in [7, 11) is 0. The molecule has 0 fully saturated rings. The van der Waals surface area contributed by atoms with E-state index in [1.54, 1.807) is 22.7 Å². The molecule has 0 radical (unpaired) electrons. The molecule has 1 aliphatic heterocycles. The Labute approximate surface area is 189 Å². The number of thiazole rings is 2. The van der Waals surface area contributed by atoms with Gasteiger partial charge in [0.15, 0.2) is 0 Å². The molecule has 0 atom stereocenters. The molecule has 1 aliphatic rings. The van der Waals surface area contributed by atoms with E-state index in [2.05, 4.69) is 39.5 Å². The Morgan fingerprint density at radius 2 is 2.03 bits per heavy atom. The number of pyridine rings is 1. The molecule has 0 saturated heterocycles. The zero-order valence-corrected chi connectivity index (χ0v) is 19.2. The Bertz CT molecular complexity index is 1200. The van der Waals surface area contributed by atoms with Crippen LogP contribution in [0.2, 0.25) is 5.02 Å². The number of rotatable bonds is 5. The predicted molar refractivity (Wildman–Crippen MR) is 126 cm³/mol. The Morgan fingerprint density at radius 3 is 2.80 bits per heavy atom. The van der Waals surface area contributed by atoms with E-state index >= 15 is 0 Å². The van der Waals surface area contributed by atoms with Crippen LogP contribution >= 0.6 is 34.3 Å². The summed E-state index contributed by atoms with van der Waals surface area (Å²) in [5, 5.41) is 5.10. The van der Waals surface area contributed by atoms with Crippen molar-refractivity contribution in [3.63, 3.8) is 0 Å². The molecular weight excluding hydrogens is 432 g/mol. The van der Waals surface area contributed by atoms with E-state index < -0.39 is 0 Å². The van der Waals surface area contributed by atoms with Crippen LogP contribution in [0.15, 0.2) is 41.9 Å². The zero-order chi connectivity index (χ0) is 20.7. The first kappa shape index (κ1) is 19.7. The van der Waals surface area contributed by atoms with Crippen molar-refractivity contribution < 1.29 is 0 Å². The molecule has 0 N–H and O–H groups in total. The molecule has 0 bridgehead atoms. The third-order valence-electron chi connectivity index (χ3n) is 5.31. The average molecular weight is 453 g/mol. The highest BCUT2D eigenvalue weighted by molar-refractivity contribution is 7.16. The quantitative estimate of drug-likeness (QED) is 0.367. The van der Waals surface area contributed by atoms with Gasteiger partial charge in [-0.2, -0.15) is 0 Å². The number of fused-ring (bicyclic) bond motifs is 1. The number of benzene rings is 1. The Morgan fingerprint density at radius 1 is 1.13 bits per heavy atom. The highest BCUT2D eigenvalue weighted by atomic mass is 35.5. The summed E-state index contributed by atoms with van der Waals surface area (Å²) < 4.78 is 0. The molecule has 5 rings (SSSR count). The number of hydrogen-bond donors (Lipinski definition) is 0. The fourth-order valence-electron chi connectivity index (χ4n) is 3.90. The fraction of sp³-hybridized carbons (Fsp3) is 0.261. The first-order chi connectivity index (χ1) is 14.5. The van der Waals surface area contributed by atoms with Crippen molar-refractivity contribution >= 4 is 40.0 Å². The van der Waals surface area contributed by atoms with Crippen molar-refractivity contribution in [3.8, 4) is 10.6 Å². The Balaban J connectivity index is 1.26. The van der Waals surface area contributed by atoms with Crippen molar-refractivity contribution in [1.82, 2.24) is 15.0 Å². The summed E-state index contributed by atoms with van der Waals surface area (Å²) in [6.07, 6.45) is 3.80. The number of anilines is 1. The van der Waals surface area contributed by atoms with Gasteiger partial charge >= 0.3 is 0 Å². The van der Waals surface area contributed by atoms with Gasteiger partial charge in [0.1, 0.15) is 0 Å². The van der Waals surface area contributed by atoms with Crippen LogP contribution in [-0.4, -0.2) is 21.5 Å². The third-order valence-corrected chi connectivity index (χ3v) is 7.49. The number of halogens is 1. The minimum atomic E-state index is 0.757. The van der Waals surface area contributed by atoms with Gasteiger partial charge in [0.2, 0.25) is 0 Å². The van der Waals surface area contributed by atoms with Crippen molar-refractivity contribution in [3.05, 3.63) is 79.5 Å². The molecule has 30 heavy (non-hydrogen) atoms. The van der Waals surface area contributed by atoms with Crippen LogP contribution in [-0.2, 0) is 19.4 Å². The van der Waals surface area contributed by atoms with E-state index in [1.807, 2.05) is 26.1 Å². The highest BCUT2D eigenvalue weighted by Crippen LogP contribution is 2.32. The van der Waals surface area contributed by atoms with Gasteiger partial charge in [-0.25, -0.2) is 9.97 Å². The highest BCUT2D eigenvalue weighted by Gasteiger charge is 2.19. The Kier molecular flexibility index (Phi) is 5.31. The summed E-state index contributed by atoms with van der Waals surface area (Å²) in [5.41, 5.74) is 6.97. The van der Waals surface area contributed by atoms with Crippen molar-refractivity contribution in [1.29, 1.82) is 0 Å². The monoisotopic (exact) mass is 452 g/mol. The normalized spacial score (nSPS) is 13.1. The number of hydrogen-bond acceptors (Lipinski definition) is 6. The summed E-state index contributed by atoms with van der Waals surface area (Å²) in [6, 6.07) is 10.5. The molecule has 152 valence electrons. The molecular formula is C23H21ClN4S2. The van der Waals surface area contributed by atoms with Crippen LogP contribution in [0, 0.1) is 13.8 Å². The van der Waals surface area contributed by atoms with E-state index in [4.69, 9.17) is 21.6 Å². The van der Waals surface area contributed by atoms with E-state index in [0.717, 1.165) is 58.1 Å². The molecule has 4 nitrogen and oxygen atoms in total. The van der Waals surface area contributed by atoms with Crippen LogP contribution in [0.4, 0.5) is 5.69 Å². The van der Waals surface area contributed by atoms with Gasteiger partial charge in [0.05, 0.1) is 26.3 Å². The van der Waals surface area contributed by atoms with Gasteiger partial charge in [-0.3, -0.25) is 4.98 Å². The minimum Gasteiger partial charge on any atom is -0.367 e. The average Bonchev–Trinajstić information content (AvgIpc) is 3.42. The minimum absolute atomic E-state index is 0.757. The van der Waals surface area contributed by atoms with Crippen molar-refractivity contribution in [2.75, 3.05) is 11.4 Å². The topological polar surface area (TPSA) is 41.9 Å². The largest absolute Gasteiger partial charge is 0.367 e. The fourth-order valence-corrected chi connectivity index (χ4v) is 5.85. The van der Waals surface area contributed by atoms with Crippen LogP contribution in [0.3, 0.4) is 0 Å². The maximum absolute atomic E-state index is 6.12. The van der Waals surface area contributed by atoms with E-state index in [1.165, 1.54) is 21.7 Å². The molecule has 3 aromatic heterocycles.